The van der Waals surface area contributed by atoms with Gasteiger partial charge in [0.05, 0.1) is 11.3 Å². The number of nitrogens with zero attached hydrogens (tertiary/aromatic N) is 2. The Balaban J connectivity index is 1.85. The Morgan fingerprint density at radius 1 is 1.17 bits per heavy atom. The largest absolute Gasteiger partial charge is 0.382 e. The number of benzene rings is 1. The Hall–Kier alpha value is -1.20. The summed E-state index contributed by atoms with van der Waals surface area (Å²) in [4.78, 5) is 10.0. The summed E-state index contributed by atoms with van der Waals surface area (Å²) in [5, 5.41) is 0. The molecule has 3 aliphatic rings. The van der Waals surface area contributed by atoms with Crippen molar-refractivity contribution in [2.24, 2.45) is 21.1 Å². The maximum atomic E-state index is 6.18. The van der Waals surface area contributed by atoms with Crippen molar-refractivity contribution in [3.8, 4) is 0 Å². The number of halogens is 1. The highest BCUT2D eigenvalue weighted by atomic mass is 79.9. The highest BCUT2D eigenvalue weighted by Crippen LogP contribution is 2.62. The quantitative estimate of drug-likeness (QED) is 0.789. The van der Waals surface area contributed by atoms with Gasteiger partial charge in [-0.2, -0.15) is 0 Å². The maximum absolute atomic E-state index is 6.18. The van der Waals surface area contributed by atoms with Gasteiger partial charge in [-0.1, -0.05) is 22.0 Å². The van der Waals surface area contributed by atoms with E-state index in [2.05, 4.69) is 41.1 Å². The molecule has 4 nitrogen and oxygen atoms in total. The smallest absolute Gasteiger partial charge is 0.184 e. The summed E-state index contributed by atoms with van der Waals surface area (Å²) >= 11 is 3.62. The normalized spacial score (nSPS) is 37.7. The predicted molar refractivity (Wildman–Crippen MR) is 101 cm³/mol. The van der Waals surface area contributed by atoms with Gasteiger partial charge in [-0.05, 0) is 63.6 Å². The van der Waals surface area contributed by atoms with Gasteiger partial charge in [0.25, 0.3) is 0 Å². The van der Waals surface area contributed by atoms with E-state index in [1.807, 2.05) is 14.0 Å². The zero-order valence-electron chi connectivity index (χ0n) is 14.5. The molecule has 4 rings (SSSR count). The number of rotatable bonds is 1. The molecule has 2 aliphatic carbocycles. The predicted octanol–water partition coefficient (Wildman–Crippen LogP) is 3.96. The van der Waals surface area contributed by atoms with E-state index in [-0.39, 0.29) is 11.0 Å². The van der Waals surface area contributed by atoms with Gasteiger partial charge < -0.3 is 10.5 Å². The van der Waals surface area contributed by atoms with Gasteiger partial charge in [0, 0.05) is 22.6 Å². The molecule has 1 fully saturated rings. The lowest BCUT2D eigenvalue weighted by molar-refractivity contribution is -0.0679. The molecule has 0 bridgehead atoms. The third-order valence-corrected chi connectivity index (χ3v) is 6.95. The topological polar surface area (TPSA) is 60.0 Å². The number of hydrogen-bond donors (Lipinski definition) is 1. The van der Waals surface area contributed by atoms with Crippen LogP contribution in [0.2, 0.25) is 0 Å². The molecule has 24 heavy (non-hydrogen) atoms. The van der Waals surface area contributed by atoms with E-state index in [1.54, 1.807) is 0 Å². The van der Waals surface area contributed by atoms with Crippen molar-refractivity contribution in [2.45, 2.75) is 57.2 Å². The number of aliphatic imine (C=N–C) groups is 2. The van der Waals surface area contributed by atoms with Gasteiger partial charge in [-0.25, -0.2) is 4.99 Å². The average Bonchev–Trinajstić information content (AvgIpc) is 3.00. The zero-order chi connectivity index (χ0) is 17.2. The summed E-state index contributed by atoms with van der Waals surface area (Å²) in [6.45, 7) is 4.19. The molecule has 2 N–H and O–H groups in total. The molecule has 5 heteroatoms. The van der Waals surface area contributed by atoms with Crippen LogP contribution < -0.4 is 5.73 Å². The van der Waals surface area contributed by atoms with Gasteiger partial charge >= 0.3 is 0 Å². The summed E-state index contributed by atoms with van der Waals surface area (Å²) in [5.41, 5.74) is 9.05. The second-order valence-corrected chi connectivity index (χ2v) is 8.69. The highest BCUT2D eigenvalue weighted by molar-refractivity contribution is 9.10. The lowest BCUT2D eigenvalue weighted by Crippen LogP contribution is -2.46. The van der Waals surface area contributed by atoms with Crippen molar-refractivity contribution in [1.29, 1.82) is 0 Å². The molecule has 1 aliphatic heterocycles. The Morgan fingerprint density at radius 2 is 1.88 bits per heavy atom. The molecule has 128 valence electrons. The van der Waals surface area contributed by atoms with Crippen molar-refractivity contribution in [1.82, 2.24) is 0 Å². The molecule has 1 aromatic carbocycles. The first-order valence-corrected chi connectivity index (χ1v) is 9.39. The third-order valence-electron chi connectivity index (χ3n) is 6.46. The van der Waals surface area contributed by atoms with Gasteiger partial charge in [0.2, 0.25) is 0 Å². The molecule has 1 saturated carbocycles. The van der Waals surface area contributed by atoms with Crippen molar-refractivity contribution in [2.75, 3.05) is 7.11 Å². The molecule has 1 atom stereocenters. The van der Waals surface area contributed by atoms with Gasteiger partial charge in [0.1, 0.15) is 5.84 Å². The van der Waals surface area contributed by atoms with Gasteiger partial charge in [-0.15, -0.1) is 0 Å². The fourth-order valence-electron chi connectivity index (χ4n) is 4.73. The average molecular weight is 390 g/mol. The minimum absolute atomic E-state index is 0.0105. The summed E-state index contributed by atoms with van der Waals surface area (Å²) in [5.74, 6) is 0.585. The summed E-state index contributed by atoms with van der Waals surface area (Å²) in [7, 11) is 1.82. The standard InChI is InChI=1S/C19H24BrN3O/c1-12-16(21)23-19(22-12)15-10-14(20)5-4-13(15)11-18(19)8-6-17(2,24-3)7-9-18/h4-5,10H,6-9,11H2,1-3H3,(H2,21,23)/t17-,18+,19?. The molecule has 0 saturated heterocycles. The minimum Gasteiger partial charge on any atom is -0.382 e. The van der Waals surface area contributed by atoms with Crippen LogP contribution in [-0.4, -0.2) is 24.3 Å². The number of fused-ring (bicyclic) bond motifs is 3. The SMILES string of the molecule is CO[C@]1(C)CC[C@]2(CC1)Cc1ccc(Br)cc1C21N=C(C)C(N)=N1. The molecular formula is C19H24BrN3O. The van der Waals surface area contributed by atoms with Gasteiger partial charge in [0.15, 0.2) is 5.66 Å². The fraction of sp³-hybridized carbons (Fsp3) is 0.579. The van der Waals surface area contributed by atoms with Crippen LogP contribution in [-0.2, 0) is 16.8 Å². The fourth-order valence-corrected chi connectivity index (χ4v) is 5.09. The first-order chi connectivity index (χ1) is 11.3. The number of ether oxygens (including phenoxy) is 1. The van der Waals surface area contributed by atoms with Crippen molar-refractivity contribution >= 4 is 27.5 Å². The second kappa shape index (κ2) is 5.15. The second-order valence-electron chi connectivity index (χ2n) is 7.78. The monoisotopic (exact) mass is 389 g/mol. The first kappa shape index (κ1) is 16.3. The van der Waals surface area contributed by atoms with Crippen LogP contribution in [0.3, 0.4) is 0 Å². The summed E-state index contributed by atoms with van der Waals surface area (Å²) in [6, 6.07) is 6.52. The molecule has 2 spiro atoms. The van der Waals surface area contributed by atoms with E-state index in [1.165, 1.54) is 11.1 Å². The third kappa shape index (κ3) is 2.07. The molecule has 0 radical (unpaired) electrons. The van der Waals surface area contributed by atoms with Crippen molar-refractivity contribution < 1.29 is 4.74 Å². The van der Waals surface area contributed by atoms with Crippen LogP contribution in [0.15, 0.2) is 32.7 Å². The molecule has 0 amide bonds. The van der Waals surface area contributed by atoms with E-state index < -0.39 is 5.66 Å². The Kier molecular flexibility index (Phi) is 3.49. The van der Waals surface area contributed by atoms with Crippen LogP contribution >= 0.6 is 15.9 Å². The molecule has 1 aromatic rings. The first-order valence-electron chi connectivity index (χ1n) is 8.59. The van der Waals surface area contributed by atoms with E-state index in [0.717, 1.165) is 42.3 Å². The summed E-state index contributed by atoms with van der Waals surface area (Å²) < 4.78 is 6.84. The van der Waals surface area contributed by atoms with Crippen molar-refractivity contribution in [3.05, 3.63) is 33.8 Å². The number of hydrogen-bond acceptors (Lipinski definition) is 4. The van der Waals surface area contributed by atoms with Crippen LogP contribution in [0, 0.1) is 5.41 Å². The Bertz CT molecular complexity index is 742. The molecule has 1 heterocycles. The van der Waals surface area contributed by atoms with E-state index in [0.29, 0.717) is 5.84 Å². The minimum atomic E-state index is -0.546. The Morgan fingerprint density at radius 3 is 2.46 bits per heavy atom. The van der Waals surface area contributed by atoms with Gasteiger partial charge in [-0.3, -0.25) is 4.99 Å². The highest BCUT2D eigenvalue weighted by Gasteiger charge is 2.61. The van der Waals surface area contributed by atoms with Crippen LogP contribution in [0.4, 0.5) is 0 Å². The van der Waals surface area contributed by atoms with Crippen LogP contribution in [0.1, 0.15) is 50.7 Å². The lowest BCUT2D eigenvalue weighted by atomic mass is 9.63. The zero-order valence-corrected chi connectivity index (χ0v) is 16.1. The van der Waals surface area contributed by atoms with E-state index in [4.69, 9.17) is 20.5 Å². The summed E-state index contributed by atoms with van der Waals surface area (Å²) in [6.07, 6.45) is 5.19. The molecular weight excluding hydrogens is 366 g/mol. The van der Waals surface area contributed by atoms with E-state index in [9.17, 15) is 0 Å². The van der Waals surface area contributed by atoms with Crippen LogP contribution in [0.25, 0.3) is 0 Å². The maximum Gasteiger partial charge on any atom is 0.184 e. The lowest BCUT2D eigenvalue weighted by Gasteiger charge is -2.47. The van der Waals surface area contributed by atoms with E-state index >= 15 is 0 Å². The number of nitrogens with two attached hydrogens (primary N) is 1. The van der Waals surface area contributed by atoms with Crippen molar-refractivity contribution in [3.63, 3.8) is 0 Å². The van der Waals surface area contributed by atoms with Crippen LogP contribution in [0.5, 0.6) is 0 Å². The number of amidine groups is 1. The Labute approximate surface area is 151 Å². The molecule has 1 unspecified atom stereocenters. The molecule has 0 aromatic heterocycles. The number of methoxy groups -OCH3 is 1.